The molecule has 1 saturated carbocycles. The Morgan fingerprint density at radius 2 is 1.90 bits per heavy atom. The lowest BCUT2D eigenvalue weighted by molar-refractivity contribution is -0.126. The Bertz CT molecular complexity index is 656. The third kappa shape index (κ3) is 2.50. The van der Waals surface area contributed by atoms with E-state index >= 15 is 0 Å². The van der Waals surface area contributed by atoms with Crippen LogP contribution >= 0.6 is 0 Å². The van der Waals surface area contributed by atoms with Gasteiger partial charge >= 0.3 is 0 Å². The predicted octanol–water partition coefficient (Wildman–Crippen LogP) is 0.578. The minimum absolute atomic E-state index is 0.0230. The Hall–Kier alpha value is -2.68. The largest absolute Gasteiger partial charge is 0.323 e. The summed E-state index contributed by atoms with van der Waals surface area (Å²) in [7, 11) is 0. The molecule has 2 aliphatic rings. The molecule has 3 rings (SSSR count). The van der Waals surface area contributed by atoms with Crippen molar-refractivity contribution in [2.75, 3.05) is 0 Å². The van der Waals surface area contributed by atoms with Gasteiger partial charge in [-0.15, -0.1) is 0 Å². The number of carbonyl (C=O) groups is 3. The van der Waals surface area contributed by atoms with E-state index < -0.39 is 11.9 Å². The molecule has 1 aliphatic carbocycles. The fourth-order valence-electron chi connectivity index (χ4n) is 2.52. The first-order chi connectivity index (χ1) is 10.1. The summed E-state index contributed by atoms with van der Waals surface area (Å²) < 4.78 is 0. The molecular weight excluding hydrogens is 270 g/mol. The molecule has 106 valence electrons. The van der Waals surface area contributed by atoms with Gasteiger partial charge in [0.1, 0.15) is 6.04 Å². The second kappa shape index (κ2) is 5.02. The molecule has 0 radical (unpaired) electrons. The van der Waals surface area contributed by atoms with Crippen molar-refractivity contribution in [1.29, 1.82) is 5.26 Å². The van der Waals surface area contributed by atoms with Crippen molar-refractivity contribution in [2.45, 2.75) is 31.3 Å². The second-order valence-corrected chi connectivity index (χ2v) is 5.27. The van der Waals surface area contributed by atoms with Crippen molar-refractivity contribution in [3.05, 3.63) is 35.4 Å². The second-order valence-electron chi connectivity index (χ2n) is 5.27. The zero-order chi connectivity index (χ0) is 15.0. The normalized spacial score (nSPS) is 20.8. The fourth-order valence-corrected chi connectivity index (χ4v) is 2.52. The van der Waals surface area contributed by atoms with Crippen molar-refractivity contribution in [3.63, 3.8) is 0 Å². The lowest BCUT2D eigenvalue weighted by Gasteiger charge is -2.26. The SMILES string of the molecule is N#Cc1ccc(C(=O)N(C2CC2)[C@H]2CC(=O)NC2=O)cc1. The number of nitriles is 1. The first-order valence-corrected chi connectivity index (χ1v) is 6.76. The highest BCUT2D eigenvalue weighted by molar-refractivity contribution is 6.08. The Kier molecular flexibility index (Phi) is 3.18. The minimum atomic E-state index is -0.715. The summed E-state index contributed by atoms with van der Waals surface area (Å²) in [5, 5.41) is 11.0. The van der Waals surface area contributed by atoms with Crippen LogP contribution in [0.25, 0.3) is 0 Å². The van der Waals surface area contributed by atoms with Gasteiger partial charge in [-0.25, -0.2) is 0 Å². The van der Waals surface area contributed by atoms with Crippen molar-refractivity contribution in [1.82, 2.24) is 10.2 Å². The van der Waals surface area contributed by atoms with E-state index in [-0.39, 0.29) is 24.3 Å². The summed E-state index contributed by atoms with van der Waals surface area (Å²) in [5.41, 5.74) is 0.895. The first-order valence-electron chi connectivity index (χ1n) is 6.76. The lowest BCUT2D eigenvalue weighted by atomic mass is 10.1. The van der Waals surface area contributed by atoms with E-state index in [9.17, 15) is 14.4 Å². The molecule has 0 spiro atoms. The minimum Gasteiger partial charge on any atom is -0.323 e. The van der Waals surface area contributed by atoms with Crippen LogP contribution in [-0.4, -0.2) is 34.7 Å². The van der Waals surface area contributed by atoms with Crippen molar-refractivity contribution in [2.24, 2.45) is 0 Å². The molecule has 0 unspecified atom stereocenters. The summed E-state index contributed by atoms with van der Waals surface area (Å²) in [6.45, 7) is 0. The highest BCUT2D eigenvalue weighted by Gasteiger charge is 2.44. The van der Waals surface area contributed by atoms with E-state index in [1.54, 1.807) is 24.3 Å². The van der Waals surface area contributed by atoms with Gasteiger partial charge in [-0.1, -0.05) is 0 Å². The van der Waals surface area contributed by atoms with E-state index in [4.69, 9.17) is 5.26 Å². The van der Waals surface area contributed by atoms with E-state index in [1.807, 2.05) is 6.07 Å². The Balaban J connectivity index is 1.87. The van der Waals surface area contributed by atoms with Crippen LogP contribution in [0.3, 0.4) is 0 Å². The Morgan fingerprint density at radius 3 is 2.38 bits per heavy atom. The molecule has 6 heteroatoms. The Morgan fingerprint density at radius 1 is 1.24 bits per heavy atom. The molecule has 21 heavy (non-hydrogen) atoms. The Labute approximate surface area is 121 Å². The van der Waals surface area contributed by atoms with E-state index in [0.29, 0.717) is 11.1 Å². The number of nitrogens with one attached hydrogen (secondary N) is 1. The molecule has 6 nitrogen and oxygen atoms in total. The predicted molar refractivity (Wildman–Crippen MR) is 71.9 cm³/mol. The average molecular weight is 283 g/mol. The number of nitrogens with zero attached hydrogens (tertiary/aromatic N) is 2. The molecule has 1 N–H and O–H groups in total. The number of carbonyl (C=O) groups excluding carboxylic acids is 3. The molecule has 1 atom stereocenters. The van der Waals surface area contributed by atoms with Gasteiger partial charge in [-0.2, -0.15) is 5.26 Å². The molecule has 0 aromatic heterocycles. The standard InChI is InChI=1S/C15H13N3O3/c16-8-9-1-3-10(4-2-9)15(21)18(11-5-6-11)12-7-13(19)17-14(12)20/h1-4,11-12H,5-7H2,(H,17,19,20)/t12-/m0/s1. The van der Waals surface area contributed by atoms with Crippen LogP contribution in [0.4, 0.5) is 0 Å². The van der Waals surface area contributed by atoms with Gasteiger partial charge in [-0.3, -0.25) is 19.7 Å². The van der Waals surface area contributed by atoms with Gasteiger partial charge in [0, 0.05) is 11.6 Å². The summed E-state index contributed by atoms with van der Waals surface area (Å²) in [6.07, 6.45) is 1.72. The molecule has 1 saturated heterocycles. The van der Waals surface area contributed by atoms with E-state index in [1.165, 1.54) is 4.90 Å². The summed E-state index contributed by atoms with van der Waals surface area (Å²) in [4.78, 5) is 37.3. The van der Waals surface area contributed by atoms with Crippen LogP contribution in [0, 0.1) is 11.3 Å². The number of amides is 3. The molecule has 1 aromatic carbocycles. The number of hydrogen-bond donors (Lipinski definition) is 1. The summed E-state index contributed by atoms with van der Waals surface area (Å²) >= 11 is 0. The van der Waals surface area contributed by atoms with Gasteiger partial charge in [0.05, 0.1) is 18.1 Å². The van der Waals surface area contributed by atoms with Gasteiger partial charge in [0.2, 0.25) is 11.8 Å². The third-order valence-electron chi connectivity index (χ3n) is 3.72. The molecular formula is C15H13N3O3. The van der Waals surface area contributed by atoms with Crippen LogP contribution in [0.15, 0.2) is 24.3 Å². The monoisotopic (exact) mass is 283 g/mol. The van der Waals surface area contributed by atoms with Gasteiger partial charge in [-0.05, 0) is 37.1 Å². The maximum absolute atomic E-state index is 12.6. The maximum atomic E-state index is 12.6. The fraction of sp³-hybridized carbons (Fsp3) is 0.333. The van der Waals surface area contributed by atoms with Gasteiger partial charge in [0.25, 0.3) is 5.91 Å². The lowest BCUT2D eigenvalue weighted by Crippen LogP contribution is -2.45. The zero-order valence-corrected chi connectivity index (χ0v) is 11.2. The summed E-state index contributed by atoms with van der Waals surface area (Å²) in [5.74, 6) is -1.02. The smallest absolute Gasteiger partial charge is 0.254 e. The average Bonchev–Trinajstić information content (AvgIpc) is 3.25. The van der Waals surface area contributed by atoms with Crippen LogP contribution < -0.4 is 5.32 Å². The number of benzene rings is 1. The van der Waals surface area contributed by atoms with E-state index in [2.05, 4.69) is 5.32 Å². The topological polar surface area (TPSA) is 90.3 Å². The number of rotatable bonds is 3. The van der Waals surface area contributed by atoms with Crippen molar-refractivity contribution >= 4 is 17.7 Å². The number of hydrogen-bond acceptors (Lipinski definition) is 4. The maximum Gasteiger partial charge on any atom is 0.254 e. The number of imide groups is 1. The molecule has 3 amide bonds. The van der Waals surface area contributed by atoms with Crippen molar-refractivity contribution < 1.29 is 14.4 Å². The molecule has 0 bridgehead atoms. The zero-order valence-electron chi connectivity index (χ0n) is 11.2. The van der Waals surface area contributed by atoms with Crippen LogP contribution in [0.2, 0.25) is 0 Å². The van der Waals surface area contributed by atoms with Gasteiger partial charge in [0.15, 0.2) is 0 Å². The first kappa shape index (κ1) is 13.3. The third-order valence-corrected chi connectivity index (χ3v) is 3.72. The van der Waals surface area contributed by atoms with Crippen LogP contribution in [0.1, 0.15) is 35.2 Å². The molecule has 1 aliphatic heterocycles. The van der Waals surface area contributed by atoms with Crippen LogP contribution in [-0.2, 0) is 9.59 Å². The summed E-state index contributed by atoms with van der Waals surface area (Å²) in [6, 6.07) is 7.58. The molecule has 2 fully saturated rings. The highest BCUT2D eigenvalue weighted by Crippen LogP contribution is 2.32. The van der Waals surface area contributed by atoms with E-state index in [0.717, 1.165) is 12.8 Å². The van der Waals surface area contributed by atoms with Gasteiger partial charge < -0.3 is 4.90 Å². The van der Waals surface area contributed by atoms with Crippen LogP contribution in [0.5, 0.6) is 0 Å². The highest BCUT2D eigenvalue weighted by atomic mass is 16.2. The quantitative estimate of drug-likeness (QED) is 0.821. The molecule has 1 aromatic rings. The van der Waals surface area contributed by atoms with Crippen molar-refractivity contribution in [3.8, 4) is 6.07 Å². The molecule has 1 heterocycles.